The van der Waals surface area contributed by atoms with E-state index in [1.54, 1.807) is 25.3 Å². The molecule has 0 saturated carbocycles. The van der Waals surface area contributed by atoms with Crippen LogP contribution in [0.3, 0.4) is 0 Å². The number of benzene rings is 2. The molecule has 1 N–H and O–H groups in total. The molecule has 0 atom stereocenters. The van der Waals surface area contributed by atoms with Crippen LogP contribution in [0.25, 0.3) is 11.4 Å². The maximum Gasteiger partial charge on any atom is 0.234 e. The van der Waals surface area contributed by atoms with Crippen LogP contribution in [0.2, 0.25) is 0 Å². The quantitative estimate of drug-likeness (QED) is 0.409. The van der Waals surface area contributed by atoms with Crippen LogP contribution >= 0.6 is 11.8 Å². The minimum absolute atomic E-state index is 0.118. The molecule has 2 aromatic carbocycles. The lowest BCUT2D eigenvalue weighted by atomic mass is 10.2. The largest absolute Gasteiger partial charge is 0.469 e. The van der Waals surface area contributed by atoms with Gasteiger partial charge in [-0.25, -0.2) is 4.39 Å². The molecule has 1 amide bonds. The van der Waals surface area contributed by atoms with Crippen LogP contribution in [0.5, 0.6) is 0 Å². The van der Waals surface area contributed by atoms with Crippen molar-refractivity contribution in [1.29, 1.82) is 0 Å². The number of halogens is 1. The predicted octanol–water partition coefficient (Wildman–Crippen LogP) is 5.07. The lowest BCUT2D eigenvalue weighted by molar-refractivity contribution is -0.113. The van der Waals surface area contributed by atoms with Crippen LogP contribution in [0.1, 0.15) is 16.9 Å². The minimum atomic E-state index is -0.354. The molecule has 0 unspecified atom stereocenters. The van der Waals surface area contributed by atoms with E-state index in [1.807, 2.05) is 47.9 Å². The number of anilines is 1. The monoisotopic (exact) mass is 436 g/mol. The van der Waals surface area contributed by atoms with Crippen molar-refractivity contribution in [1.82, 2.24) is 14.8 Å². The first-order chi connectivity index (χ1) is 15.0. The fraction of sp³-hybridized carbons (Fsp3) is 0.174. The Morgan fingerprint density at radius 2 is 1.94 bits per heavy atom. The third kappa shape index (κ3) is 4.86. The first kappa shape index (κ1) is 20.9. The molecule has 8 heteroatoms. The van der Waals surface area contributed by atoms with E-state index in [9.17, 15) is 9.18 Å². The number of aryl methyl sites for hydroxylation is 2. The van der Waals surface area contributed by atoms with Gasteiger partial charge in [0.05, 0.1) is 24.1 Å². The van der Waals surface area contributed by atoms with Crippen LogP contribution in [0.4, 0.5) is 10.1 Å². The summed E-state index contributed by atoms with van der Waals surface area (Å²) < 4.78 is 21.1. The zero-order valence-corrected chi connectivity index (χ0v) is 17.9. The number of hydrogen-bond acceptors (Lipinski definition) is 5. The summed E-state index contributed by atoms with van der Waals surface area (Å²) in [7, 11) is 0. The van der Waals surface area contributed by atoms with Gasteiger partial charge in [-0.2, -0.15) is 0 Å². The van der Waals surface area contributed by atoms with Gasteiger partial charge in [0.15, 0.2) is 11.0 Å². The van der Waals surface area contributed by atoms with E-state index < -0.39 is 0 Å². The van der Waals surface area contributed by atoms with E-state index in [-0.39, 0.29) is 17.5 Å². The first-order valence-electron chi connectivity index (χ1n) is 9.71. The highest BCUT2D eigenvalue weighted by Crippen LogP contribution is 2.28. The molecule has 0 fully saturated rings. The maximum atomic E-state index is 13.7. The number of nitrogens with one attached hydrogen (secondary N) is 1. The van der Waals surface area contributed by atoms with Crippen LogP contribution in [0, 0.1) is 19.7 Å². The zero-order valence-electron chi connectivity index (χ0n) is 17.1. The van der Waals surface area contributed by atoms with Gasteiger partial charge in [0, 0.05) is 5.69 Å². The van der Waals surface area contributed by atoms with E-state index in [0.717, 1.165) is 16.9 Å². The molecule has 6 nitrogen and oxygen atoms in total. The topological polar surface area (TPSA) is 73.0 Å². The van der Waals surface area contributed by atoms with Crippen molar-refractivity contribution in [3.05, 3.63) is 83.6 Å². The van der Waals surface area contributed by atoms with Crippen molar-refractivity contribution in [3.8, 4) is 11.4 Å². The number of aromatic nitrogens is 3. The van der Waals surface area contributed by atoms with Gasteiger partial charge in [-0.05, 0) is 43.2 Å². The Kier molecular flexibility index (Phi) is 6.18. The van der Waals surface area contributed by atoms with Crippen molar-refractivity contribution in [2.45, 2.75) is 25.5 Å². The maximum absolute atomic E-state index is 13.7. The Hall–Kier alpha value is -3.39. The van der Waals surface area contributed by atoms with Crippen LogP contribution < -0.4 is 5.32 Å². The molecule has 0 aliphatic heterocycles. The highest BCUT2D eigenvalue weighted by atomic mass is 32.2. The number of amides is 1. The number of nitrogens with zero attached hydrogens (tertiary/aromatic N) is 3. The smallest absolute Gasteiger partial charge is 0.234 e. The average Bonchev–Trinajstić information content (AvgIpc) is 3.35. The number of carbonyl (C=O) groups is 1. The molecule has 4 aromatic rings. The molecule has 0 saturated heterocycles. The standard InChI is InChI=1S/C23H21FN4O2S/c1-15-8-9-18(12-20(15)24)25-21(29)14-31-23-27-26-22(19-10-11-30-16(19)2)28(23)13-17-6-4-3-5-7-17/h3-12H,13-14H2,1-2H3,(H,25,29). The fourth-order valence-corrected chi connectivity index (χ4v) is 3.86. The van der Waals surface area contributed by atoms with Gasteiger partial charge in [0.25, 0.3) is 0 Å². The Labute approximate surface area is 183 Å². The molecule has 0 aliphatic carbocycles. The highest BCUT2D eigenvalue weighted by molar-refractivity contribution is 7.99. The Morgan fingerprint density at radius 3 is 2.65 bits per heavy atom. The van der Waals surface area contributed by atoms with Crippen molar-refractivity contribution >= 4 is 23.4 Å². The third-order valence-corrected chi connectivity index (χ3v) is 5.75. The second-order valence-electron chi connectivity index (χ2n) is 7.07. The third-order valence-electron chi connectivity index (χ3n) is 4.79. The van der Waals surface area contributed by atoms with Gasteiger partial charge in [0.1, 0.15) is 11.6 Å². The molecule has 0 aliphatic rings. The Bertz CT molecular complexity index is 1200. The molecule has 2 heterocycles. The van der Waals surface area contributed by atoms with Crippen molar-refractivity contribution in [2.75, 3.05) is 11.1 Å². The lowest BCUT2D eigenvalue weighted by Gasteiger charge is -2.10. The average molecular weight is 437 g/mol. The van der Waals surface area contributed by atoms with Crippen LogP contribution in [-0.4, -0.2) is 26.4 Å². The molecule has 0 radical (unpaired) electrons. The highest BCUT2D eigenvalue weighted by Gasteiger charge is 2.19. The van der Waals surface area contributed by atoms with E-state index in [4.69, 9.17) is 4.42 Å². The molecular weight excluding hydrogens is 415 g/mol. The minimum Gasteiger partial charge on any atom is -0.469 e. The Morgan fingerprint density at radius 1 is 1.13 bits per heavy atom. The van der Waals surface area contributed by atoms with Gasteiger partial charge >= 0.3 is 0 Å². The molecule has 31 heavy (non-hydrogen) atoms. The summed E-state index contributed by atoms with van der Waals surface area (Å²) in [5.41, 5.74) is 2.90. The first-order valence-corrected chi connectivity index (χ1v) is 10.7. The molecule has 0 spiro atoms. The zero-order chi connectivity index (χ0) is 21.8. The van der Waals surface area contributed by atoms with Gasteiger partial charge in [-0.1, -0.05) is 48.2 Å². The summed E-state index contributed by atoms with van der Waals surface area (Å²) >= 11 is 1.28. The molecule has 4 rings (SSSR count). The van der Waals surface area contributed by atoms with Gasteiger partial charge < -0.3 is 9.73 Å². The number of hydrogen-bond donors (Lipinski definition) is 1. The SMILES string of the molecule is Cc1ccc(NC(=O)CSc2nnc(-c3ccoc3C)n2Cc2ccccc2)cc1F. The van der Waals surface area contributed by atoms with Gasteiger partial charge in [-0.3, -0.25) is 9.36 Å². The molecular formula is C23H21FN4O2S. The fourth-order valence-electron chi connectivity index (χ4n) is 3.12. The number of carbonyl (C=O) groups excluding carboxylic acids is 1. The van der Waals surface area contributed by atoms with E-state index in [1.165, 1.54) is 17.8 Å². The van der Waals surface area contributed by atoms with Crippen LogP contribution in [0.15, 0.2) is 70.4 Å². The number of thioether (sulfide) groups is 1. The summed E-state index contributed by atoms with van der Waals surface area (Å²) in [5.74, 6) is 0.944. The van der Waals surface area contributed by atoms with Crippen molar-refractivity contribution in [2.24, 2.45) is 0 Å². The second kappa shape index (κ2) is 9.18. The summed E-state index contributed by atoms with van der Waals surface area (Å²) in [6, 6.07) is 16.5. The van der Waals surface area contributed by atoms with Crippen molar-refractivity contribution in [3.63, 3.8) is 0 Å². The lowest BCUT2D eigenvalue weighted by Crippen LogP contribution is -2.15. The van der Waals surface area contributed by atoms with Gasteiger partial charge in [-0.15, -0.1) is 10.2 Å². The summed E-state index contributed by atoms with van der Waals surface area (Å²) in [6.45, 7) is 4.11. The van der Waals surface area contributed by atoms with Crippen molar-refractivity contribution < 1.29 is 13.6 Å². The summed E-state index contributed by atoms with van der Waals surface area (Å²) in [6.07, 6.45) is 1.62. The van der Waals surface area contributed by atoms with E-state index in [2.05, 4.69) is 15.5 Å². The normalized spacial score (nSPS) is 10.9. The van der Waals surface area contributed by atoms with E-state index in [0.29, 0.717) is 28.8 Å². The second-order valence-corrected chi connectivity index (χ2v) is 8.01. The predicted molar refractivity (Wildman–Crippen MR) is 118 cm³/mol. The van der Waals surface area contributed by atoms with E-state index >= 15 is 0 Å². The molecule has 158 valence electrons. The van der Waals surface area contributed by atoms with Gasteiger partial charge in [0.2, 0.25) is 5.91 Å². The number of rotatable bonds is 7. The molecule has 0 bridgehead atoms. The summed E-state index contributed by atoms with van der Waals surface area (Å²) in [5, 5.41) is 12.0. The Balaban J connectivity index is 1.53. The van der Waals surface area contributed by atoms with Crippen LogP contribution in [-0.2, 0) is 11.3 Å². The molecule has 2 aromatic heterocycles. The number of furan rings is 1. The summed E-state index contributed by atoms with van der Waals surface area (Å²) in [4.78, 5) is 12.4.